The molecule has 1 atom stereocenters. The van der Waals surface area contributed by atoms with Gasteiger partial charge in [0, 0.05) is 6.61 Å². The van der Waals surface area contributed by atoms with Gasteiger partial charge in [0.15, 0.2) is 0 Å². The molecule has 0 aromatic heterocycles. The number of aliphatic hydroxyl groups is 1. The van der Waals surface area contributed by atoms with E-state index < -0.39 is 0 Å². The Kier molecular flexibility index (Phi) is 4.49. The number of aliphatic hydroxyl groups excluding tert-OH is 1. The summed E-state index contributed by atoms with van der Waals surface area (Å²) >= 11 is 0. The summed E-state index contributed by atoms with van der Waals surface area (Å²) in [5.74, 6) is 2.43. The van der Waals surface area contributed by atoms with Crippen molar-refractivity contribution in [2.75, 3.05) is 6.61 Å². The molecule has 0 amide bonds. The van der Waals surface area contributed by atoms with E-state index >= 15 is 0 Å². The highest BCUT2D eigenvalue weighted by molar-refractivity contribution is 4.78. The van der Waals surface area contributed by atoms with Gasteiger partial charge < -0.3 is 5.11 Å². The molecule has 1 heteroatoms. The largest absolute Gasteiger partial charge is 0.396 e. The van der Waals surface area contributed by atoms with Crippen molar-refractivity contribution in [2.45, 2.75) is 64.2 Å². The third-order valence-corrected chi connectivity index (χ3v) is 4.66. The zero-order chi connectivity index (χ0) is 10.5. The van der Waals surface area contributed by atoms with E-state index in [0.29, 0.717) is 12.5 Å². The maximum absolute atomic E-state index is 9.52. The van der Waals surface area contributed by atoms with Crippen molar-refractivity contribution >= 4 is 0 Å². The van der Waals surface area contributed by atoms with E-state index in [-0.39, 0.29) is 0 Å². The molecular weight excluding hydrogens is 184 g/mol. The topological polar surface area (TPSA) is 20.2 Å². The highest BCUT2D eigenvalue weighted by Crippen LogP contribution is 2.37. The van der Waals surface area contributed by atoms with Crippen molar-refractivity contribution in [3.63, 3.8) is 0 Å². The van der Waals surface area contributed by atoms with Gasteiger partial charge in [-0.15, -0.1) is 0 Å². The Bertz CT molecular complexity index is 166. The van der Waals surface area contributed by atoms with Gasteiger partial charge in [-0.05, 0) is 24.2 Å². The third-order valence-electron chi connectivity index (χ3n) is 4.66. The molecule has 88 valence electrons. The van der Waals surface area contributed by atoms with E-state index in [9.17, 15) is 5.11 Å². The van der Waals surface area contributed by atoms with Crippen LogP contribution in [0.3, 0.4) is 0 Å². The third kappa shape index (κ3) is 3.21. The SMILES string of the molecule is OCC(CC1CCCCC1)C1CCCC1. The van der Waals surface area contributed by atoms with E-state index in [1.54, 1.807) is 0 Å². The number of hydrogen-bond donors (Lipinski definition) is 1. The summed E-state index contributed by atoms with van der Waals surface area (Å²) in [4.78, 5) is 0. The van der Waals surface area contributed by atoms with Gasteiger partial charge in [-0.1, -0.05) is 57.8 Å². The highest BCUT2D eigenvalue weighted by atomic mass is 16.3. The summed E-state index contributed by atoms with van der Waals surface area (Å²) < 4.78 is 0. The molecule has 15 heavy (non-hydrogen) atoms. The molecule has 1 nitrogen and oxygen atoms in total. The van der Waals surface area contributed by atoms with Crippen LogP contribution >= 0.6 is 0 Å². The normalized spacial score (nSPS) is 27.0. The van der Waals surface area contributed by atoms with Crippen LogP contribution in [-0.4, -0.2) is 11.7 Å². The first-order valence-electron chi connectivity index (χ1n) is 7.01. The van der Waals surface area contributed by atoms with Crippen molar-refractivity contribution in [2.24, 2.45) is 17.8 Å². The zero-order valence-corrected chi connectivity index (χ0v) is 9.96. The van der Waals surface area contributed by atoms with Gasteiger partial charge >= 0.3 is 0 Å². The molecule has 0 aromatic carbocycles. The van der Waals surface area contributed by atoms with E-state index in [2.05, 4.69) is 0 Å². The van der Waals surface area contributed by atoms with Crippen molar-refractivity contribution in [1.29, 1.82) is 0 Å². The molecule has 2 aliphatic carbocycles. The standard InChI is InChI=1S/C14H26O/c15-11-14(13-8-4-5-9-13)10-12-6-2-1-3-7-12/h12-15H,1-11H2. The maximum Gasteiger partial charge on any atom is 0.0462 e. The second kappa shape index (κ2) is 5.89. The Morgan fingerprint density at radius 3 is 2.07 bits per heavy atom. The van der Waals surface area contributed by atoms with E-state index in [1.165, 1.54) is 64.2 Å². The van der Waals surface area contributed by atoms with E-state index in [4.69, 9.17) is 0 Å². The van der Waals surface area contributed by atoms with Crippen LogP contribution in [0.25, 0.3) is 0 Å². The highest BCUT2D eigenvalue weighted by Gasteiger charge is 2.27. The van der Waals surface area contributed by atoms with Crippen molar-refractivity contribution in [3.8, 4) is 0 Å². The fraction of sp³-hybridized carbons (Fsp3) is 1.00. The first kappa shape index (κ1) is 11.4. The summed E-state index contributed by atoms with van der Waals surface area (Å²) in [6.07, 6.45) is 14.1. The van der Waals surface area contributed by atoms with Crippen LogP contribution in [0, 0.1) is 17.8 Å². The van der Waals surface area contributed by atoms with Crippen LogP contribution < -0.4 is 0 Å². The second-order valence-electron chi connectivity index (χ2n) is 5.73. The van der Waals surface area contributed by atoms with Crippen molar-refractivity contribution < 1.29 is 5.11 Å². The van der Waals surface area contributed by atoms with Gasteiger partial charge in [-0.2, -0.15) is 0 Å². The summed E-state index contributed by atoms with van der Waals surface area (Å²) in [5, 5.41) is 9.52. The predicted octanol–water partition coefficient (Wildman–Crippen LogP) is 3.76. The molecule has 0 heterocycles. The predicted molar refractivity (Wildman–Crippen MR) is 63.7 cm³/mol. The van der Waals surface area contributed by atoms with Gasteiger partial charge in [0.25, 0.3) is 0 Å². The van der Waals surface area contributed by atoms with Crippen LogP contribution in [-0.2, 0) is 0 Å². The van der Waals surface area contributed by atoms with Crippen LogP contribution in [0.1, 0.15) is 64.2 Å². The molecular formula is C14H26O. The van der Waals surface area contributed by atoms with Crippen molar-refractivity contribution in [3.05, 3.63) is 0 Å². The monoisotopic (exact) mass is 210 g/mol. The second-order valence-corrected chi connectivity index (χ2v) is 5.73. The minimum absolute atomic E-state index is 0.446. The molecule has 2 fully saturated rings. The lowest BCUT2D eigenvalue weighted by Gasteiger charge is -2.28. The Hall–Kier alpha value is -0.0400. The molecule has 0 radical (unpaired) electrons. The van der Waals surface area contributed by atoms with Gasteiger partial charge in [-0.25, -0.2) is 0 Å². The fourth-order valence-corrected chi connectivity index (χ4v) is 3.70. The lowest BCUT2D eigenvalue weighted by Crippen LogP contribution is -2.21. The van der Waals surface area contributed by atoms with Crippen molar-refractivity contribution in [1.82, 2.24) is 0 Å². The average molecular weight is 210 g/mol. The lowest BCUT2D eigenvalue weighted by atomic mass is 9.78. The summed E-state index contributed by atoms with van der Waals surface area (Å²) in [7, 11) is 0. The Morgan fingerprint density at radius 1 is 0.867 bits per heavy atom. The molecule has 0 aliphatic heterocycles. The Balaban J connectivity index is 1.78. The molecule has 0 aromatic rings. The summed E-state index contributed by atoms with van der Waals surface area (Å²) in [5.41, 5.74) is 0. The first-order valence-corrected chi connectivity index (χ1v) is 7.01. The zero-order valence-electron chi connectivity index (χ0n) is 9.96. The number of hydrogen-bond acceptors (Lipinski definition) is 1. The van der Waals surface area contributed by atoms with E-state index in [1.807, 2.05) is 0 Å². The molecule has 0 bridgehead atoms. The van der Waals surface area contributed by atoms with Gasteiger partial charge in [0.05, 0.1) is 0 Å². The quantitative estimate of drug-likeness (QED) is 0.749. The maximum atomic E-state index is 9.52. The van der Waals surface area contributed by atoms with Gasteiger partial charge in [-0.3, -0.25) is 0 Å². The van der Waals surface area contributed by atoms with Crippen LogP contribution in [0.5, 0.6) is 0 Å². The minimum atomic E-state index is 0.446. The fourth-order valence-electron chi connectivity index (χ4n) is 3.70. The van der Waals surface area contributed by atoms with E-state index in [0.717, 1.165) is 11.8 Å². The smallest absolute Gasteiger partial charge is 0.0462 e. The first-order chi connectivity index (χ1) is 7.40. The molecule has 0 spiro atoms. The van der Waals surface area contributed by atoms with Gasteiger partial charge in [0.1, 0.15) is 0 Å². The number of rotatable bonds is 4. The summed E-state index contributed by atoms with van der Waals surface area (Å²) in [6, 6.07) is 0. The molecule has 2 saturated carbocycles. The lowest BCUT2D eigenvalue weighted by molar-refractivity contribution is 0.139. The molecule has 0 saturated heterocycles. The molecule has 1 N–H and O–H groups in total. The Labute approximate surface area is 94.3 Å². The van der Waals surface area contributed by atoms with Crippen LogP contribution in [0.15, 0.2) is 0 Å². The average Bonchev–Trinajstić information content (AvgIpc) is 2.81. The minimum Gasteiger partial charge on any atom is -0.396 e. The molecule has 1 unspecified atom stereocenters. The molecule has 2 aliphatic rings. The van der Waals surface area contributed by atoms with Crippen LogP contribution in [0.4, 0.5) is 0 Å². The van der Waals surface area contributed by atoms with Crippen LogP contribution in [0.2, 0.25) is 0 Å². The molecule has 2 rings (SSSR count). The summed E-state index contributed by atoms with van der Waals surface area (Å²) in [6.45, 7) is 0.446. The Morgan fingerprint density at radius 2 is 1.47 bits per heavy atom. The van der Waals surface area contributed by atoms with Gasteiger partial charge in [0.2, 0.25) is 0 Å².